The molecule has 1 rings (SSSR count). The lowest BCUT2D eigenvalue weighted by atomic mass is 10.3. The van der Waals surface area contributed by atoms with Crippen LogP contribution >= 0.6 is 0 Å². The average molecular weight is 259 g/mol. The first-order valence-corrected chi connectivity index (χ1v) is 6.96. The van der Waals surface area contributed by atoms with Crippen molar-refractivity contribution in [1.29, 1.82) is 0 Å². The molecule has 17 heavy (non-hydrogen) atoms. The van der Waals surface area contributed by atoms with Gasteiger partial charge in [0, 0.05) is 28.9 Å². The standard InChI is InChI=1S/C11H17NO4S/c1-8(7-17(3)14)12-6-9-4-5-10(16-9)11(13)15-2/h4-5,8,12H,6-7H2,1-3H3. The van der Waals surface area contributed by atoms with E-state index in [9.17, 15) is 9.00 Å². The fourth-order valence-electron chi connectivity index (χ4n) is 1.37. The Bertz CT molecular complexity index is 402. The maximum Gasteiger partial charge on any atom is 0.373 e. The molecular weight excluding hydrogens is 242 g/mol. The minimum atomic E-state index is -0.824. The lowest BCUT2D eigenvalue weighted by molar-refractivity contribution is 0.0563. The predicted molar refractivity (Wildman–Crippen MR) is 65.3 cm³/mol. The van der Waals surface area contributed by atoms with E-state index in [1.54, 1.807) is 18.4 Å². The first-order valence-electron chi connectivity index (χ1n) is 5.23. The van der Waals surface area contributed by atoms with Crippen molar-refractivity contribution in [3.8, 4) is 0 Å². The molecule has 0 amide bonds. The monoisotopic (exact) mass is 259 g/mol. The van der Waals surface area contributed by atoms with Crippen LogP contribution in [0.2, 0.25) is 0 Å². The van der Waals surface area contributed by atoms with Gasteiger partial charge in [0.15, 0.2) is 0 Å². The number of ether oxygens (including phenoxy) is 1. The van der Waals surface area contributed by atoms with E-state index in [0.717, 1.165) is 0 Å². The Morgan fingerprint density at radius 3 is 2.88 bits per heavy atom. The molecule has 1 N–H and O–H groups in total. The van der Waals surface area contributed by atoms with Crippen molar-refractivity contribution in [2.75, 3.05) is 19.1 Å². The largest absolute Gasteiger partial charge is 0.463 e. The minimum Gasteiger partial charge on any atom is -0.463 e. The fraction of sp³-hybridized carbons (Fsp3) is 0.545. The van der Waals surface area contributed by atoms with E-state index in [0.29, 0.717) is 18.1 Å². The molecule has 0 aliphatic heterocycles. The van der Waals surface area contributed by atoms with Crippen molar-refractivity contribution < 1.29 is 18.2 Å². The highest BCUT2D eigenvalue weighted by Crippen LogP contribution is 2.08. The van der Waals surface area contributed by atoms with Gasteiger partial charge in [-0.3, -0.25) is 4.21 Å². The third kappa shape index (κ3) is 4.70. The molecule has 1 aromatic heterocycles. The van der Waals surface area contributed by atoms with Crippen LogP contribution in [-0.2, 0) is 22.1 Å². The summed E-state index contributed by atoms with van der Waals surface area (Å²) in [5, 5.41) is 3.16. The molecule has 1 heterocycles. The van der Waals surface area contributed by atoms with E-state index in [2.05, 4.69) is 10.1 Å². The Morgan fingerprint density at radius 1 is 1.59 bits per heavy atom. The van der Waals surface area contributed by atoms with E-state index in [1.165, 1.54) is 7.11 Å². The number of esters is 1. The van der Waals surface area contributed by atoms with Gasteiger partial charge in [-0.15, -0.1) is 0 Å². The molecule has 0 aromatic carbocycles. The fourth-order valence-corrected chi connectivity index (χ4v) is 2.19. The topological polar surface area (TPSA) is 68.5 Å². The number of nitrogens with one attached hydrogen (secondary N) is 1. The van der Waals surface area contributed by atoms with Crippen molar-refractivity contribution in [3.05, 3.63) is 23.7 Å². The highest BCUT2D eigenvalue weighted by molar-refractivity contribution is 7.84. The van der Waals surface area contributed by atoms with Crippen LogP contribution in [0, 0.1) is 0 Å². The smallest absolute Gasteiger partial charge is 0.373 e. The van der Waals surface area contributed by atoms with Gasteiger partial charge in [0.05, 0.1) is 13.7 Å². The third-order valence-electron chi connectivity index (χ3n) is 2.16. The van der Waals surface area contributed by atoms with E-state index in [4.69, 9.17) is 4.42 Å². The molecular formula is C11H17NO4S. The van der Waals surface area contributed by atoms with Crippen molar-refractivity contribution in [2.24, 2.45) is 0 Å². The number of rotatable bonds is 6. The zero-order valence-electron chi connectivity index (χ0n) is 10.2. The molecule has 0 saturated heterocycles. The number of hydrogen-bond donors (Lipinski definition) is 1. The molecule has 1 aromatic rings. The summed E-state index contributed by atoms with van der Waals surface area (Å²) in [5.41, 5.74) is 0. The summed E-state index contributed by atoms with van der Waals surface area (Å²) in [5.74, 6) is 0.944. The Hall–Kier alpha value is -1.14. The number of carbonyl (C=O) groups excluding carboxylic acids is 1. The van der Waals surface area contributed by atoms with Crippen LogP contribution in [0.25, 0.3) is 0 Å². The van der Waals surface area contributed by atoms with Crippen molar-refractivity contribution in [2.45, 2.75) is 19.5 Å². The summed E-state index contributed by atoms with van der Waals surface area (Å²) in [7, 11) is 0.483. The summed E-state index contributed by atoms with van der Waals surface area (Å²) in [6.45, 7) is 2.45. The second-order valence-electron chi connectivity index (χ2n) is 3.78. The maximum atomic E-state index is 11.1. The molecule has 0 aliphatic rings. The first-order chi connectivity index (χ1) is 8.02. The van der Waals surface area contributed by atoms with Gasteiger partial charge in [-0.1, -0.05) is 0 Å². The summed E-state index contributed by atoms with van der Waals surface area (Å²) in [6.07, 6.45) is 1.67. The molecule has 5 nitrogen and oxygen atoms in total. The highest BCUT2D eigenvalue weighted by Gasteiger charge is 2.11. The summed E-state index contributed by atoms with van der Waals surface area (Å²) >= 11 is 0. The SMILES string of the molecule is COC(=O)c1ccc(CNC(C)CS(C)=O)o1. The van der Waals surface area contributed by atoms with Gasteiger partial charge in [0.25, 0.3) is 0 Å². The maximum absolute atomic E-state index is 11.1. The summed E-state index contributed by atoms with van der Waals surface area (Å²) < 4.78 is 20.8. The van der Waals surface area contributed by atoms with Gasteiger partial charge in [-0.25, -0.2) is 4.79 Å². The van der Waals surface area contributed by atoms with Gasteiger partial charge < -0.3 is 14.5 Å². The summed E-state index contributed by atoms with van der Waals surface area (Å²) in [6, 6.07) is 3.42. The molecule has 96 valence electrons. The van der Waals surface area contributed by atoms with Crippen LogP contribution in [0.15, 0.2) is 16.5 Å². The van der Waals surface area contributed by atoms with E-state index < -0.39 is 16.8 Å². The van der Waals surface area contributed by atoms with Gasteiger partial charge in [0.1, 0.15) is 5.76 Å². The van der Waals surface area contributed by atoms with Gasteiger partial charge in [-0.05, 0) is 19.1 Å². The van der Waals surface area contributed by atoms with Crippen LogP contribution in [0.4, 0.5) is 0 Å². The number of hydrogen-bond acceptors (Lipinski definition) is 5. The first kappa shape index (κ1) is 13.9. The lowest BCUT2D eigenvalue weighted by Crippen LogP contribution is -2.30. The molecule has 0 radical (unpaired) electrons. The second-order valence-corrected chi connectivity index (χ2v) is 5.26. The molecule has 0 fully saturated rings. The van der Waals surface area contributed by atoms with Crippen molar-refractivity contribution in [1.82, 2.24) is 5.32 Å². The van der Waals surface area contributed by atoms with Gasteiger partial charge in [0.2, 0.25) is 5.76 Å². The van der Waals surface area contributed by atoms with Crippen LogP contribution in [0.1, 0.15) is 23.2 Å². The molecule has 0 spiro atoms. The molecule has 2 unspecified atom stereocenters. The third-order valence-corrected chi connectivity index (χ3v) is 3.13. The normalized spacial score (nSPS) is 14.3. The minimum absolute atomic E-state index is 0.132. The van der Waals surface area contributed by atoms with E-state index >= 15 is 0 Å². The Labute approximate surface area is 103 Å². The quantitative estimate of drug-likeness (QED) is 0.769. The molecule has 6 heteroatoms. The van der Waals surface area contributed by atoms with Crippen molar-refractivity contribution >= 4 is 16.8 Å². The zero-order chi connectivity index (χ0) is 12.8. The Morgan fingerprint density at radius 2 is 2.29 bits per heavy atom. The van der Waals surface area contributed by atoms with Crippen molar-refractivity contribution in [3.63, 3.8) is 0 Å². The summed E-state index contributed by atoms with van der Waals surface area (Å²) in [4.78, 5) is 11.1. The van der Waals surface area contributed by atoms with Gasteiger partial charge in [-0.2, -0.15) is 0 Å². The lowest BCUT2D eigenvalue weighted by Gasteiger charge is -2.10. The second kappa shape index (κ2) is 6.56. The average Bonchev–Trinajstić information content (AvgIpc) is 2.73. The van der Waals surface area contributed by atoms with E-state index in [1.807, 2.05) is 6.92 Å². The molecule has 2 atom stereocenters. The Kier molecular flexibility index (Phi) is 5.37. The van der Waals surface area contributed by atoms with Gasteiger partial charge >= 0.3 is 5.97 Å². The highest BCUT2D eigenvalue weighted by atomic mass is 32.2. The van der Waals surface area contributed by atoms with Crippen LogP contribution in [-0.4, -0.2) is 35.3 Å². The Balaban J connectivity index is 2.44. The van der Waals surface area contributed by atoms with Crippen LogP contribution < -0.4 is 5.32 Å². The molecule has 0 saturated carbocycles. The molecule has 0 aliphatic carbocycles. The number of methoxy groups -OCH3 is 1. The van der Waals surface area contributed by atoms with E-state index in [-0.39, 0.29) is 11.8 Å². The zero-order valence-corrected chi connectivity index (χ0v) is 11.0. The van der Waals surface area contributed by atoms with Crippen LogP contribution in [0.5, 0.6) is 0 Å². The number of carbonyl (C=O) groups is 1. The number of furan rings is 1. The molecule has 0 bridgehead atoms. The predicted octanol–water partition coefficient (Wildman–Crippen LogP) is 0.923. The van der Waals surface area contributed by atoms with Crippen LogP contribution in [0.3, 0.4) is 0 Å².